The van der Waals surface area contributed by atoms with Crippen molar-refractivity contribution in [2.75, 3.05) is 27.4 Å². The molecule has 1 aliphatic heterocycles. The van der Waals surface area contributed by atoms with E-state index in [9.17, 15) is 19.2 Å². The minimum absolute atomic E-state index is 0.0141. The zero-order valence-electron chi connectivity index (χ0n) is 18.5. The summed E-state index contributed by atoms with van der Waals surface area (Å²) in [6.45, 7) is 1.51. The summed E-state index contributed by atoms with van der Waals surface area (Å²) in [6.07, 6.45) is 1.44. The van der Waals surface area contributed by atoms with Crippen LogP contribution in [0, 0.1) is 0 Å². The number of methoxy groups -OCH3 is 2. The lowest BCUT2D eigenvalue weighted by molar-refractivity contribution is -0.143. The SMILES string of the molecule is CCOc1cc(/C=C2\SC(=O)N(CC(=O)OC)C2=O)cc(Cl)c1OC(=O)c1ccc(OC)cc1. The summed E-state index contributed by atoms with van der Waals surface area (Å²) < 4.78 is 20.7. The number of hydrogen-bond acceptors (Lipinski definition) is 9. The molecule has 0 unspecified atom stereocenters. The molecule has 0 aromatic heterocycles. The van der Waals surface area contributed by atoms with Gasteiger partial charge in [-0.15, -0.1) is 0 Å². The molecule has 178 valence electrons. The number of imide groups is 1. The van der Waals surface area contributed by atoms with Crippen LogP contribution >= 0.6 is 23.4 Å². The molecular formula is C23H20ClNO8S. The van der Waals surface area contributed by atoms with Crippen molar-refractivity contribution in [1.29, 1.82) is 0 Å². The van der Waals surface area contributed by atoms with Crippen LogP contribution in [0.3, 0.4) is 0 Å². The van der Waals surface area contributed by atoms with Crippen molar-refractivity contribution in [2.24, 2.45) is 0 Å². The topological polar surface area (TPSA) is 108 Å². The van der Waals surface area contributed by atoms with Gasteiger partial charge in [-0.05, 0) is 66.7 Å². The van der Waals surface area contributed by atoms with E-state index >= 15 is 0 Å². The number of thioether (sulfide) groups is 1. The monoisotopic (exact) mass is 505 g/mol. The molecule has 3 rings (SSSR count). The first-order valence-corrected chi connectivity index (χ1v) is 11.1. The Morgan fingerprint density at radius 2 is 1.82 bits per heavy atom. The van der Waals surface area contributed by atoms with E-state index in [-0.39, 0.29) is 33.6 Å². The number of halogens is 1. The third kappa shape index (κ3) is 5.70. The standard InChI is InChI=1S/C23H20ClNO8S/c1-4-32-17-10-13(11-18-21(27)25(23(29)34-18)12-19(26)31-3)9-16(24)20(17)33-22(28)14-5-7-15(30-2)8-6-14/h5-11H,4,12H2,1-3H3/b18-11-. The number of nitrogens with zero attached hydrogens (tertiary/aromatic N) is 1. The molecule has 9 nitrogen and oxygen atoms in total. The van der Waals surface area contributed by atoms with Gasteiger partial charge in [0.1, 0.15) is 12.3 Å². The molecule has 34 heavy (non-hydrogen) atoms. The van der Waals surface area contributed by atoms with E-state index in [2.05, 4.69) is 4.74 Å². The summed E-state index contributed by atoms with van der Waals surface area (Å²) in [5.74, 6) is -1.22. The van der Waals surface area contributed by atoms with Crippen molar-refractivity contribution in [3.8, 4) is 17.2 Å². The maximum atomic E-state index is 12.6. The Balaban J connectivity index is 1.87. The Kier molecular flexibility index (Phi) is 8.19. The van der Waals surface area contributed by atoms with Gasteiger partial charge in [0.25, 0.3) is 11.1 Å². The number of amides is 2. The molecule has 2 amide bonds. The van der Waals surface area contributed by atoms with Crippen molar-refractivity contribution in [2.45, 2.75) is 6.92 Å². The Morgan fingerprint density at radius 1 is 1.12 bits per heavy atom. The normalized spacial score (nSPS) is 14.4. The summed E-state index contributed by atoms with van der Waals surface area (Å²) in [5.41, 5.74) is 0.712. The summed E-state index contributed by atoms with van der Waals surface area (Å²) in [6, 6.07) is 9.34. The van der Waals surface area contributed by atoms with E-state index in [0.29, 0.717) is 23.1 Å². The number of ether oxygens (including phenoxy) is 4. The fourth-order valence-electron chi connectivity index (χ4n) is 2.89. The predicted molar refractivity (Wildman–Crippen MR) is 125 cm³/mol. The molecule has 1 aliphatic rings. The number of carbonyl (C=O) groups excluding carboxylic acids is 4. The van der Waals surface area contributed by atoms with E-state index in [1.807, 2.05) is 0 Å². The molecule has 0 spiro atoms. The van der Waals surface area contributed by atoms with Gasteiger partial charge < -0.3 is 18.9 Å². The van der Waals surface area contributed by atoms with Crippen LogP contribution in [-0.4, -0.2) is 55.4 Å². The van der Waals surface area contributed by atoms with Gasteiger partial charge >= 0.3 is 11.9 Å². The van der Waals surface area contributed by atoms with Crippen molar-refractivity contribution in [1.82, 2.24) is 4.90 Å². The van der Waals surface area contributed by atoms with Gasteiger partial charge in [0.05, 0.1) is 36.3 Å². The highest BCUT2D eigenvalue weighted by atomic mass is 35.5. The van der Waals surface area contributed by atoms with Crippen LogP contribution in [-0.2, 0) is 14.3 Å². The second-order valence-electron chi connectivity index (χ2n) is 6.73. The number of benzene rings is 2. The number of rotatable bonds is 8. The van der Waals surface area contributed by atoms with Crippen LogP contribution in [0.4, 0.5) is 4.79 Å². The average Bonchev–Trinajstić information content (AvgIpc) is 3.08. The van der Waals surface area contributed by atoms with Gasteiger partial charge in [-0.25, -0.2) is 4.79 Å². The molecular weight excluding hydrogens is 486 g/mol. The molecule has 1 fully saturated rings. The average molecular weight is 506 g/mol. The van der Waals surface area contributed by atoms with E-state index in [4.69, 9.17) is 25.8 Å². The van der Waals surface area contributed by atoms with Crippen LogP contribution in [0.25, 0.3) is 6.08 Å². The van der Waals surface area contributed by atoms with Crippen molar-refractivity contribution < 1.29 is 38.1 Å². The molecule has 2 aromatic rings. The van der Waals surface area contributed by atoms with Gasteiger partial charge in [-0.1, -0.05) is 11.6 Å². The second kappa shape index (κ2) is 11.1. The third-order valence-corrected chi connectivity index (χ3v) is 5.73. The fraction of sp³-hybridized carbons (Fsp3) is 0.217. The molecule has 0 radical (unpaired) electrons. The number of esters is 2. The molecule has 2 aromatic carbocycles. The van der Waals surface area contributed by atoms with Gasteiger partial charge in [-0.2, -0.15) is 0 Å². The van der Waals surface area contributed by atoms with Crippen molar-refractivity contribution >= 4 is 52.5 Å². The van der Waals surface area contributed by atoms with E-state index in [0.717, 1.165) is 12.0 Å². The summed E-state index contributed by atoms with van der Waals surface area (Å²) in [7, 11) is 2.68. The highest BCUT2D eigenvalue weighted by molar-refractivity contribution is 8.18. The molecule has 1 heterocycles. The zero-order valence-corrected chi connectivity index (χ0v) is 20.0. The molecule has 0 bridgehead atoms. The highest BCUT2D eigenvalue weighted by Crippen LogP contribution is 2.39. The van der Waals surface area contributed by atoms with E-state index < -0.39 is 29.6 Å². The molecule has 0 atom stereocenters. The minimum Gasteiger partial charge on any atom is -0.497 e. The quantitative estimate of drug-likeness (QED) is 0.296. The first-order chi connectivity index (χ1) is 16.3. The molecule has 1 saturated heterocycles. The Bertz CT molecular complexity index is 1160. The highest BCUT2D eigenvalue weighted by Gasteiger charge is 2.36. The number of hydrogen-bond donors (Lipinski definition) is 0. The fourth-order valence-corrected chi connectivity index (χ4v) is 3.99. The molecule has 0 N–H and O–H groups in total. The summed E-state index contributed by atoms with van der Waals surface area (Å²) in [5, 5.41) is -0.532. The molecule has 0 saturated carbocycles. The lowest BCUT2D eigenvalue weighted by Crippen LogP contribution is -2.34. The van der Waals surface area contributed by atoms with Crippen LogP contribution in [0.1, 0.15) is 22.8 Å². The lowest BCUT2D eigenvalue weighted by Gasteiger charge is -2.14. The zero-order chi connectivity index (χ0) is 24.8. The third-order valence-electron chi connectivity index (χ3n) is 4.54. The summed E-state index contributed by atoms with van der Waals surface area (Å²) in [4.78, 5) is 49.6. The lowest BCUT2D eigenvalue weighted by atomic mass is 10.1. The van der Waals surface area contributed by atoms with Crippen LogP contribution < -0.4 is 14.2 Å². The Morgan fingerprint density at radius 3 is 2.44 bits per heavy atom. The van der Waals surface area contributed by atoms with Gasteiger partial charge in [0, 0.05) is 0 Å². The summed E-state index contributed by atoms with van der Waals surface area (Å²) >= 11 is 7.06. The predicted octanol–water partition coefficient (Wildman–Crippen LogP) is 4.18. The van der Waals surface area contributed by atoms with Crippen molar-refractivity contribution in [3.63, 3.8) is 0 Å². The first-order valence-electron chi connectivity index (χ1n) is 9.92. The smallest absolute Gasteiger partial charge is 0.343 e. The Labute approximate surface area is 204 Å². The van der Waals surface area contributed by atoms with Crippen LogP contribution in [0.15, 0.2) is 41.3 Å². The van der Waals surface area contributed by atoms with Crippen molar-refractivity contribution in [3.05, 3.63) is 57.5 Å². The first kappa shape index (κ1) is 25.1. The van der Waals surface area contributed by atoms with Gasteiger partial charge in [0.2, 0.25) is 0 Å². The minimum atomic E-state index is -0.715. The number of carbonyl (C=O) groups is 4. The maximum absolute atomic E-state index is 12.6. The Hall–Kier alpha value is -3.50. The maximum Gasteiger partial charge on any atom is 0.343 e. The second-order valence-corrected chi connectivity index (χ2v) is 8.13. The van der Waals surface area contributed by atoms with Crippen LogP contribution in [0.2, 0.25) is 5.02 Å². The van der Waals surface area contributed by atoms with Gasteiger partial charge in [0.15, 0.2) is 11.5 Å². The largest absolute Gasteiger partial charge is 0.497 e. The van der Waals surface area contributed by atoms with E-state index in [1.165, 1.54) is 25.3 Å². The molecule has 0 aliphatic carbocycles. The van der Waals surface area contributed by atoms with Crippen LogP contribution in [0.5, 0.6) is 17.2 Å². The van der Waals surface area contributed by atoms with E-state index in [1.54, 1.807) is 31.2 Å². The van der Waals surface area contributed by atoms with Gasteiger partial charge in [-0.3, -0.25) is 19.3 Å². The molecule has 11 heteroatoms.